The molecule has 2 aliphatic rings. The molecule has 0 radical (unpaired) electrons. The van der Waals surface area contributed by atoms with Crippen molar-refractivity contribution in [2.45, 2.75) is 50.7 Å². The molecule has 5 rings (SSSR count). The number of ether oxygens (including phenoxy) is 2. The standard InChI is InChI=1S/C25H26FNO5/c1-14-9-15(7-8-17(14)26)27-18-5-4-6-19(28)21(18)22-23(27)24(2,3)13-32-25(22)10-16(11-25)31-12-20(29)30/h4-9,16,28H,10-13H2,1-3H3,(H,29,30)/t16-,25+. The number of aromatic hydroxyl groups is 1. The summed E-state index contributed by atoms with van der Waals surface area (Å²) in [6.07, 6.45) is 0.802. The molecule has 2 aromatic carbocycles. The number of halogens is 1. The SMILES string of the molecule is Cc1cc(-n2c3c(c4c(O)cccc42)[C@]2(C[C@H](OCC(=O)O)C2)OCC3(C)C)ccc1F. The van der Waals surface area contributed by atoms with Crippen LogP contribution in [0.5, 0.6) is 5.75 Å². The molecule has 2 N–H and O–H groups in total. The molecule has 1 spiro atoms. The molecule has 6 nitrogen and oxygen atoms in total. The van der Waals surface area contributed by atoms with Crippen molar-refractivity contribution >= 4 is 16.9 Å². The van der Waals surface area contributed by atoms with Gasteiger partial charge in [-0.15, -0.1) is 0 Å². The van der Waals surface area contributed by atoms with E-state index in [1.54, 1.807) is 25.1 Å². The van der Waals surface area contributed by atoms with Crippen LogP contribution in [0.2, 0.25) is 0 Å². The zero-order valence-electron chi connectivity index (χ0n) is 18.3. The Morgan fingerprint density at radius 1 is 1.28 bits per heavy atom. The van der Waals surface area contributed by atoms with Gasteiger partial charge in [0.2, 0.25) is 0 Å². The maximum Gasteiger partial charge on any atom is 0.329 e. The number of phenolic OH excluding ortho intramolecular Hbond substituents is 1. The van der Waals surface area contributed by atoms with Crippen molar-refractivity contribution in [1.29, 1.82) is 0 Å². The van der Waals surface area contributed by atoms with Gasteiger partial charge in [-0.25, -0.2) is 9.18 Å². The number of fused-ring (bicyclic) bond motifs is 4. The molecule has 0 amide bonds. The molecule has 2 heterocycles. The number of nitrogens with zero attached hydrogens (tertiary/aromatic N) is 1. The lowest BCUT2D eigenvalue weighted by atomic mass is 9.67. The summed E-state index contributed by atoms with van der Waals surface area (Å²) in [5.41, 5.74) is 3.09. The van der Waals surface area contributed by atoms with Crippen molar-refractivity contribution in [2.75, 3.05) is 13.2 Å². The van der Waals surface area contributed by atoms with E-state index in [4.69, 9.17) is 14.6 Å². The van der Waals surface area contributed by atoms with Crippen LogP contribution in [0.3, 0.4) is 0 Å². The first-order chi connectivity index (χ1) is 15.1. The van der Waals surface area contributed by atoms with E-state index in [1.807, 2.05) is 12.1 Å². The highest BCUT2D eigenvalue weighted by Gasteiger charge is 2.56. The highest BCUT2D eigenvalue weighted by Crippen LogP contribution is 2.57. The van der Waals surface area contributed by atoms with Crippen LogP contribution in [-0.2, 0) is 25.3 Å². The van der Waals surface area contributed by atoms with Crippen molar-refractivity contribution in [3.05, 3.63) is 59.0 Å². The number of rotatable bonds is 4. The number of aromatic nitrogens is 1. The lowest BCUT2D eigenvalue weighted by Gasteiger charge is -2.52. The third kappa shape index (κ3) is 3.03. The monoisotopic (exact) mass is 439 g/mol. The molecule has 3 aromatic rings. The van der Waals surface area contributed by atoms with E-state index in [0.717, 1.165) is 22.5 Å². The first-order valence-electron chi connectivity index (χ1n) is 10.7. The van der Waals surface area contributed by atoms with Gasteiger partial charge in [-0.3, -0.25) is 0 Å². The van der Waals surface area contributed by atoms with Crippen LogP contribution in [0.15, 0.2) is 36.4 Å². The predicted octanol–water partition coefficient (Wildman–Crippen LogP) is 4.55. The van der Waals surface area contributed by atoms with Gasteiger partial charge < -0.3 is 24.3 Å². The van der Waals surface area contributed by atoms with Crippen molar-refractivity contribution in [3.63, 3.8) is 0 Å². The minimum atomic E-state index is -1.00. The molecule has 1 aliphatic carbocycles. The maximum atomic E-state index is 14.0. The molecule has 7 heteroatoms. The van der Waals surface area contributed by atoms with Gasteiger partial charge in [0.25, 0.3) is 0 Å². The van der Waals surface area contributed by atoms with Gasteiger partial charge >= 0.3 is 5.97 Å². The Kier molecular flexibility index (Phi) is 4.62. The number of phenols is 1. The molecule has 0 saturated heterocycles. The van der Waals surface area contributed by atoms with Crippen molar-refractivity contribution in [1.82, 2.24) is 4.57 Å². The van der Waals surface area contributed by atoms with E-state index in [9.17, 15) is 14.3 Å². The molecule has 0 atom stereocenters. The number of hydrogen-bond donors (Lipinski definition) is 2. The fraction of sp³-hybridized carbons (Fsp3) is 0.400. The van der Waals surface area contributed by atoms with E-state index >= 15 is 0 Å². The van der Waals surface area contributed by atoms with Crippen molar-refractivity contribution < 1.29 is 28.9 Å². The zero-order chi connectivity index (χ0) is 22.8. The number of aryl methyl sites for hydroxylation is 1. The largest absolute Gasteiger partial charge is 0.507 e. The van der Waals surface area contributed by atoms with Crippen LogP contribution in [0.25, 0.3) is 16.6 Å². The van der Waals surface area contributed by atoms with Gasteiger partial charge in [0.05, 0.1) is 18.2 Å². The Labute approximate surface area is 185 Å². The van der Waals surface area contributed by atoms with Crippen LogP contribution in [0, 0.1) is 12.7 Å². The van der Waals surface area contributed by atoms with E-state index < -0.39 is 11.6 Å². The van der Waals surface area contributed by atoms with E-state index in [1.165, 1.54) is 6.07 Å². The fourth-order valence-corrected chi connectivity index (χ4v) is 5.21. The Morgan fingerprint density at radius 2 is 2.03 bits per heavy atom. The van der Waals surface area contributed by atoms with Gasteiger partial charge in [0, 0.05) is 40.6 Å². The molecule has 1 fully saturated rings. The summed E-state index contributed by atoms with van der Waals surface area (Å²) in [4.78, 5) is 10.9. The van der Waals surface area contributed by atoms with Gasteiger partial charge in [-0.05, 0) is 42.8 Å². The smallest absolute Gasteiger partial charge is 0.329 e. The Balaban J connectivity index is 1.74. The van der Waals surface area contributed by atoms with Crippen molar-refractivity contribution in [3.8, 4) is 11.4 Å². The molecular weight excluding hydrogens is 413 g/mol. The summed E-state index contributed by atoms with van der Waals surface area (Å²) in [7, 11) is 0. The molecule has 168 valence electrons. The molecule has 1 aliphatic heterocycles. The lowest BCUT2D eigenvalue weighted by molar-refractivity contribution is -0.198. The third-order valence-electron chi connectivity index (χ3n) is 6.73. The highest BCUT2D eigenvalue weighted by molar-refractivity contribution is 5.94. The Morgan fingerprint density at radius 3 is 2.72 bits per heavy atom. The minimum absolute atomic E-state index is 0.159. The van der Waals surface area contributed by atoms with Crippen LogP contribution >= 0.6 is 0 Å². The number of benzene rings is 2. The van der Waals surface area contributed by atoms with Crippen molar-refractivity contribution in [2.24, 2.45) is 0 Å². The fourth-order valence-electron chi connectivity index (χ4n) is 5.21. The third-order valence-corrected chi connectivity index (χ3v) is 6.73. The maximum absolute atomic E-state index is 14.0. The van der Waals surface area contributed by atoms with Crippen LogP contribution in [0.4, 0.5) is 4.39 Å². The summed E-state index contributed by atoms with van der Waals surface area (Å²) < 4.78 is 28.1. The molecule has 1 saturated carbocycles. The van der Waals surface area contributed by atoms with Gasteiger partial charge in [0.1, 0.15) is 23.8 Å². The van der Waals surface area contributed by atoms with Crippen LogP contribution in [-0.4, -0.2) is 40.1 Å². The highest BCUT2D eigenvalue weighted by atomic mass is 19.1. The Bertz CT molecular complexity index is 1240. The second kappa shape index (κ2) is 7.05. The zero-order valence-corrected chi connectivity index (χ0v) is 18.3. The van der Waals surface area contributed by atoms with E-state index in [2.05, 4.69) is 18.4 Å². The number of aliphatic carboxylic acids is 1. The van der Waals surface area contributed by atoms with E-state index in [-0.39, 0.29) is 29.7 Å². The first kappa shape index (κ1) is 21.0. The number of carboxylic acid groups (broad SMARTS) is 1. The quantitative estimate of drug-likeness (QED) is 0.623. The number of carbonyl (C=O) groups is 1. The van der Waals surface area contributed by atoms with Crippen LogP contribution < -0.4 is 0 Å². The van der Waals surface area contributed by atoms with Gasteiger partial charge in [0.15, 0.2) is 0 Å². The summed E-state index contributed by atoms with van der Waals surface area (Å²) >= 11 is 0. The second-order valence-corrected chi connectivity index (χ2v) is 9.57. The summed E-state index contributed by atoms with van der Waals surface area (Å²) in [6, 6.07) is 10.5. The molecule has 0 unspecified atom stereocenters. The van der Waals surface area contributed by atoms with Crippen LogP contribution in [0.1, 0.15) is 43.5 Å². The minimum Gasteiger partial charge on any atom is -0.507 e. The molecule has 1 aromatic heterocycles. The summed E-state index contributed by atoms with van der Waals surface area (Å²) in [5, 5.41) is 20.6. The summed E-state index contributed by atoms with van der Waals surface area (Å²) in [6.45, 7) is 6.04. The lowest BCUT2D eigenvalue weighted by Crippen LogP contribution is -2.54. The normalized spacial score (nSPS) is 23.8. The average Bonchev–Trinajstić information content (AvgIpc) is 3.06. The second-order valence-electron chi connectivity index (χ2n) is 9.57. The summed E-state index contributed by atoms with van der Waals surface area (Å²) in [5.74, 6) is -1.11. The number of carboxylic acids is 1. The topological polar surface area (TPSA) is 80.9 Å². The van der Waals surface area contributed by atoms with Gasteiger partial charge in [-0.1, -0.05) is 19.9 Å². The molecular formula is C25H26FNO5. The first-order valence-corrected chi connectivity index (χ1v) is 10.7. The van der Waals surface area contributed by atoms with E-state index in [0.29, 0.717) is 30.4 Å². The van der Waals surface area contributed by atoms with Gasteiger partial charge in [-0.2, -0.15) is 0 Å². The molecule has 32 heavy (non-hydrogen) atoms. The number of hydrogen-bond acceptors (Lipinski definition) is 4. The molecule has 0 bridgehead atoms. The predicted molar refractivity (Wildman–Crippen MR) is 117 cm³/mol. The Hall–Kier alpha value is -2.90. The average molecular weight is 439 g/mol.